The molecule has 2 heterocycles. The summed E-state index contributed by atoms with van der Waals surface area (Å²) in [4.78, 5) is 9.50. The number of hydrogen-bond acceptors (Lipinski definition) is 8. The van der Waals surface area contributed by atoms with Crippen LogP contribution in [0.5, 0.6) is 5.75 Å². The van der Waals surface area contributed by atoms with Crippen LogP contribution in [-0.2, 0) is 16.3 Å². The molecule has 4 rings (SSSR count). The predicted molar refractivity (Wildman–Crippen MR) is 149 cm³/mol. The van der Waals surface area contributed by atoms with Crippen molar-refractivity contribution in [3.05, 3.63) is 59.3 Å². The lowest BCUT2D eigenvalue weighted by molar-refractivity contribution is 0.413. The van der Waals surface area contributed by atoms with E-state index in [1.165, 1.54) is 11.1 Å². The van der Waals surface area contributed by atoms with Crippen molar-refractivity contribution >= 4 is 33.0 Å². The van der Waals surface area contributed by atoms with E-state index in [4.69, 9.17) is 9.72 Å². The van der Waals surface area contributed by atoms with Gasteiger partial charge in [0.05, 0.1) is 28.6 Å². The Kier molecular flexibility index (Phi) is 8.34. The molecule has 37 heavy (non-hydrogen) atoms. The van der Waals surface area contributed by atoms with Gasteiger partial charge < -0.3 is 20.7 Å². The highest BCUT2D eigenvalue weighted by Gasteiger charge is 2.23. The molecule has 1 aromatic heterocycles. The number of aryl methyl sites for hydroxylation is 2. The van der Waals surface area contributed by atoms with Crippen molar-refractivity contribution in [2.45, 2.75) is 63.0 Å². The molecule has 3 aromatic rings. The molecule has 0 bridgehead atoms. The summed E-state index contributed by atoms with van der Waals surface area (Å²) < 4.78 is 31.6. The first-order valence-corrected chi connectivity index (χ1v) is 14.4. The summed E-state index contributed by atoms with van der Waals surface area (Å²) in [7, 11) is -1.81. The highest BCUT2D eigenvalue weighted by Crippen LogP contribution is 2.37. The molecule has 0 amide bonds. The summed E-state index contributed by atoms with van der Waals surface area (Å²) in [6, 6.07) is 11.1. The number of sulfone groups is 1. The van der Waals surface area contributed by atoms with E-state index in [-0.39, 0.29) is 4.90 Å². The smallest absolute Gasteiger partial charge is 0.229 e. The van der Waals surface area contributed by atoms with Crippen molar-refractivity contribution in [3.63, 3.8) is 0 Å². The Morgan fingerprint density at radius 3 is 2.51 bits per heavy atom. The molecule has 198 valence electrons. The number of nitrogens with zero attached hydrogens (tertiary/aromatic N) is 2. The molecule has 2 aromatic carbocycles. The molecule has 1 aliphatic heterocycles. The fourth-order valence-electron chi connectivity index (χ4n) is 4.70. The van der Waals surface area contributed by atoms with E-state index in [1.807, 2.05) is 13.0 Å². The van der Waals surface area contributed by atoms with Crippen LogP contribution in [0.15, 0.2) is 47.5 Å². The number of nitrogens with one attached hydrogen (secondary N) is 3. The summed E-state index contributed by atoms with van der Waals surface area (Å²) in [5.41, 5.74) is 4.68. The number of anilines is 4. The Balaban J connectivity index is 1.66. The number of para-hydroxylation sites is 1. The second-order valence-corrected chi connectivity index (χ2v) is 12.2. The third-order valence-electron chi connectivity index (χ3n) is 6.93. The van der Waals surface area contributed by atoms with Gasteiger partial charge in [0.15, 0.2) is 9.84 Å². The highest BCUT2D eigenvalue weighted by atomic mass is 32.2. The van der Waals surface area contributed by atoms with Gasteiger partial charge in [0.2, 0.25) is 5.95 Å². The van der Waals surface area contributed by atoms with E-state index in [2.05, 4.69) is 40.0 Å². The fraction of sp³-hybridized carbons (Fsp3) is 0.429. The van der Waals surface area contributed by atoms with E-state index in [1.54, 1.807) is 45.4 Å². The maximum Gasteiger partial charge on any atom is 0.229 e. The number of piperidine rings is 1. The van der Waals surface area contributed by atoms with Crippen LogP contribution in [-0.4, -0.2) is 43.8 Å². The van der Waals surface area contributed by atoms with Crippen LogP contribution in [0.1, 0.15) is 56.2 Å². The summed E-state index contributed by atoms with van der Waals surface area (Å²) in [6.07, 6.45) is 4.68. The van der Waals surface area contributed by atoms with Crippen molar-refractivity contribution in [1.29, 1.82) is 0 Å². The third kappa shape index (κ3) is 5.88. The number of ether oxygens (including phenoxy) is 1. The number of benzene rings is 2. The standard InChI is InChI=1S/C28H37N5O3S/c1-6-20-17-30-28(33-27(20)31-23-9-7-8-10-26(23)37(34,35)18(2)3)32-24-15-19(4)22(16-25(24)36-5)21-11-13-29-14-12-21/h7-10,15-18,21,29H,6,11-14H2,1-5H3,(H2,30,31,32,33). The fourth-order valence-corrected chi connectivity index (χ4v) is 5.90. The summed E-state index contributed by atoms with van der Waals surface area (Å²) >= 11 is 0. The second kappa shape index (κ2) is 11.5. The lowest BCUT2D eigenvalue weighted by atomic mass is 9.87. The van der Waals surface area contributed by atoms with Gasteiger partial charge in [0.25, 0.3) is 0 Å². The molecule has 3 N–H and O–H groups in total. The van der Waals surface area contributed by atoms with Gasteiger partial charge in [0, 0.05) is 11.8 Å². The predicted octanol–water partition coefficient (Wildman–Crippen LogP) is 5.49. The first-order valence-electron chi connectivity index (χ1n) is 12.9. The van der Waals surface area contributed by atoms with Gasteiger partial charge in [-0.3, -0.25) is 0 Å². The average molecular weight is 524 g/mol. The molecule has 0 radical (unpaired) electrons. The highest BCUT2D eigenvalue weighted by molar-refractivity contribution is 7.92. The van der Waals surface area contributed by atoms with Gasteiger partial charge in [-0.1, -0.05) is 19.1 Å². The van der Waals surface area contributed by atoms with E-state index < -0.39 is 15.1 Å². The molecular formula is C28H37N5O3S. The first kappa shape index (κ1) is 26.9. The minimum Gasteiger partial charge on any atom is -0.495 e. The molecule has 0 aliphatic carbocycles. The lowest BCUT2D eigenvalue weighted by Crippen LogP contribution is -2.27. The number of rotatable bonds is 9. The van der Waals surface area contributed by atoms with Crippen LogP contribution in [0.25, 0.3) is 0 Å². The monoisotopic (exact) mass is 523 g/mol. The summed E-state index contributed by atoms with van der Waals surface area (Å²) in [5, 5.41) is 9.47. The van der Waals surface area contributed by atoms with Crippen molar-refractivity contribution in [2.24, 2.45) is 0 Å². The topological polar surface area (TPSA) is 105 Å². The molecule has 0 atom stereocenters. The summed E-state index contributed by atoms with van der Waals surface area (Å²) in [5.74, 6) is 2.22. The average Bonchev–Trinajstić information content (AvgIpc) is 2.89. The largest absolute Gasteiger partial charge is 0.495 e. The maximum absolute atomic E-state index is 12.9. The van der Waals surface area contributed by atoms with Gasteiger partial charge in [0.1, 0.15) is 11.6 Å². The van der Waals surface area contributed by atoms with Crippen LogP contribution in [0.3, 0.4) is 0 Å². The van der Waals surface area contributed by atoms with Crippen LogP contribution in [0.4, 0.5) is 23.1 Å². The minimum absolute atomic E-state index is 0.256. The van der Waals surface area contributed by atoms with Crippen molar-refractivity contribution in [3.8, 4) is 5.75 Å². The normalized spacial score (nSPS) is 14.5. The zero-order valence-corrected chi connectivity index (χ0v) is 23.1. The van der Waals surface area contributed by atoms with Gasteiger partial charge in [-0.2, -0.15) is 4.98 Å². The lowest BCUT2D eigenvalue weighted by Gasteiger charge is -2.25. The second-order valence-electron chi connectivity index (χ2n) is 9.69. The van der Waals surface area contributed by atoms with Crippen LogP contribution in [0, 0.1) is 6.92 Å². The van der Waals surface area contributed by atoms with Crippen LogP contribution >= 0.6 is 0 Å². The maximum atomic E-state index is 12.9. The van der Waals surface area contributed by atoms with Gasteiger partial charge in [-0.05, 0) is 94.4 Å². The van der Waals surface area contributed by atoms with Crippen LogP contribution in [0.2, 0.25) is 0 Å². The number of methoxy groups -OCH3 is 1. The third-order valence-corrected chi connectivity index (χ3v) is 9.14. The summed E-state index contributed by atoms with van der Waals surface area (Å²) in [6.45, 7) is 9.56. The molecule has 0 unspecified atom stereocenters. The van der Waals surface area contributed by atoms with E-state index in [0.717, 1.165) is 42.9 Å². The molecular weight excluding hydrogens is 486 g/mol. The zero-order valence-electron chi connectivity index (χ0n) is 22.3. The molecule has 8 nitrogen and oxygen atoms in total. The van der Waals surface area contributed by atoms with Gasteiger partial charge >= 0.3 is 0 Å². The van der Waals surface area contributed by atoms with Gasteiger partial charge in [-0.15, -0.1) is 0 Å². The molecule has 1 saturated heterocycles. The molecule has 9 heteroatoms. The Bertz CT molecular complexity index is 1350. The Labute approximate surface area is 220 Å². The zero-order chi connectivity index (χ0) is 26.6. The van der Waals surface area contributed by atoms with E-state index in [9.17, 15) is 8.42 Å². The SMILES string of the molecule is CCc1cnc(Nc2cc(C)c(C3CCNCC3)cc2OC)nc1Nc1ccccc1S(=O)(=O)C(C)C. The molecule has 0 saturated carbocycles. The Morgan fingerprint density at radius 2 is 1.84 bits per heavy atom. The number of hydrogen-bond donors (Lipinski definition) is 3. The van der Waals surface area contributed by atoms with Crippen molar-refractivity contribution < 1.29 is 13.2 Å². The Morgan fingerprint density at radius 1 is 1.11 bits per heavy atom. The molecule has 1 aliphatic rings. The van der Waals surface area contributed by atoms with Crippen molar-refractivity contribution in [2.75, 3.05) is 30.8 Å². The number of aromatic nitrogens is 2. The quantitative estimate of drug-likeness (QED) is 0.338. The first-order chi connectivity index (χ1) is 17.7. The minimum atomic E-state index is -3.48. The molecule has 1 fully saturated rings. The van der Waals surface area contributed by atoms with Gasteiger partial charge in [-0.25, -0.2) is 13.4 Å². The molecule has 0 spiro atoms. The van der Waals surface area contributed by atoms with Crippen LogP contribution < -0.4 is 20.7 Å². The van der Waals surface area contributed by atoms with Crippen molar-refractivity contribution in [1.82, 2.24) is 15.3 Å². The van der Waals surface area contributed by atoms with E-state index >= 15 is 0 Å². The van der Waals surface area contributed by atoms with E-state index in [0.29, 0.717) is 29.8 Å². The Hall–Kier alpha value is -3.17.